The monoisotopic (exact) mass is 315 g/mol. The minimum absolute atomic E-state index is 0.288. The number of amides is 1. The van der Waals surface area contributed by atoms with Gasteiger partial charge in [0.15, 0.2) is 0 Å². The number of ether oxygens (including phenoxy) is 1. The van der Waals surface area contributed by atoms with Crippen LogP contribution in [0.15, 0.2) is 24.3 Å². The highest BCUT2D eigenvalue weighted by molar-refractivity contribution is 7.98. The average molecular weight is 316 g/mol. The van der Waals surface area contributed by atoms with Gasteiger partial charge >= 0.3 is 5.97 Å². The summed E-state index contributed by atoms with van der Waals surface area (Å²) in [6.45, 7) is 2.02. The van der Waals surface area contributed by atoms with E-state index in [9.17, 15) is 9.59 Å². The number of nitrogens with one attached hydrogen (secondary N) is 1. The summed E-state index contributed by atoms with van der Waals surface area (Å²) in [4.78, 5) is 24.0. The summed E-state index contributed by atoms with van der Waals surface area (Å²) in [7, 11) is 0. The maximum Gasteiger partial charge on any atom is 0.328 e. The van der Waals surface area contributed by atoms with Crippen LogP contribution < -0.4 is 5.32 Å². The lowest BCUT2D eigenvalue weighted by Gasteiger charge is -2.17. The number of carbonyl (C=O) groups excluding carboxylic acids is 2. The molecule has 1 aromatic carbocycles. The van der Waals surface area contributed by atoms with Crippen LogP contribution in [0, 0.1) is 0 Å². The molecule has 6 heteroatoms. The number of halogens is 1. The number of rotatable bonds is 7. The SMILES string of the molecule is CCOC(=O)C(CCSC)NC(=O)c1ccccc1Cl. The molecule has 1 rings (SSSR count). The summed E-state index contributed by atoms with van der Waals surface area (Å²) in [5.74, 6) is -0.0246. The van der Waals surface area contributed by atoms with Crippen molar-refractivity contribution >= 4 is 35.2 Å². The highest BCUT2D eigenvalue weighted by Gasteiger charge is 2.22. The summed E-state index contributed by atoms with van der Waals surface area (Å²) in [6.07, 6.45) is 2.47. The fourth-order valence-corrected chi connectivity index (χ4v) is 2.30. The molecule has 1 amide bonds. The average Bonchev–Trinajstić information content (AvgIpc) is 2.43. The molecule has 0 saturated heterocycles. The molecule has 0 aromatic heterocycles. The van der Waals surface area contributed by atoms with Crippen molar-refractivity contribution in [2.24, 2.45) is 0 Å². The van der Waals surface area contributed by atoms with Gasteiger partial charge in [0.1, 0.15) is 6.04 Å². The first-order chi connectivity index (χ1) is 9.60. The van der Waals surface area contributed by atoms with Gasteiger partial charge in [0.25, 0.3) is 5.91 Å². The van der Waals surface area contributed by atoms with Gasteiger partial charge in [-0.2, -0.15) is 11.8 Å². The molecule has 0 fully saturated rings. The minimum Gasteiger partial charge on any atom is -0.464 e. The van der Waals surface area contributed by atoms with E-state index in [1.54, 1.807) is 43.0 Å². The van der Waals surface area contributed by atoms with Gasteiger partial charge in [-0.25, -0.2) is 4.79 Å². The molecule has 0 radical (unpaired) electrons. The van der Waals surface area contributed by atoms with E-state index in [-0.39, 0.29) is 12.5 Å². The second-order valence-corrected chi connectivity index (χ2v) is 5.43. The molecule has 0 heterocycles. The molecule has 0 aliphatic rings. The fourth-order valence-electron chi connectivity index (χ4n) is 1.61. The van der Waals surface area contributed by atoms with Crippen LogP contribution in [0.2, 0.25) is 5.02 Å². The van der Waals surface area contributed by atoms with E-state index in [1.807, 2.05) is 6.26 Å². The highest BCUT2D eigenvalue weighted by atomic mass is 35.5. The van der Waals surface area contributed by atoms with Crippen LogP contribution in [0.4, 0.5) is 0 Å². The predicted octanol–water partition coefficient (Wildman–Crippen LogP) is 2.75. The third-order valence-corrected chi connectivity index (χ3v) is 3.58. The first kappa shape index (κ1) is 16.9. The first-order valence-electron chi connectivity index (χ1n) is 6.31. The maximum atomic E-state index is 12.1. The van der Waals surface area contributed by atoms with Gasteiger partial charge in [0.2, 0.25) is 0 Å². The number of thioether (sulfide) groups is 1. The van der Waals surface area contributed by atoms with Gasteiger partial charge in [-0.15, -0.1) is 0 Å². The molecule has 1 N–H and O–H groups in total. The zero-order valence-electron chi connectivity index (χ0n) is 11.5. The van der Waals surface area contributed by atoms with Crippen molar-refractivity contribution in [3.63, 3.8) is 0 Å². The molecule has 0 aliphatic carbocycles. The third-order valence-electron chi connectivity index (χ3n) is 2.61. The third kappa shape index (κ3) is 5.06. The molecule has 0 aliphatic heterocycles. The number of hydrogen-bond acceptors (Lipinski definition) is 4. The molecular weight excluding hydrogens is 298 g/mol. The van der Waals surface area contributed by atoms with Crippen LogP contribution in [-0.2, 0) is 9.53 Å². The zero-order valence-corrected chi connectivity index (χ0v) is 13.1. The highest BCUT2D eigenvalue weighted by Crippen LogP contribution is 2.15. The quantitative estimate of drug-likeness (QED) is 0.786. The number of benzene rings is 1. The Morgan fingerprint density at radius 2 is 2.10 bits per heavy atom. The van der Waals surface area contributed by atoms with E-state index >= 15 is 0 Å². The molecule has 1 unspecified atom stereocenters. The van der Waals surface area contributed by atoms with Crippen LogP contribution in [-0.4, -0.2) is 36.5 Å². The van der Waals surface area contributed by atoms with Crippen molar-refractivity contribution in [1.29, 1.82) is 0 Å². The molecular formula is C14H18ClNO3S. The summed E-state index contributed by atoms with van der Waals surface area (Å²) in [5, 5.41) is 3.04. The summed E-state index contributed by atoms with van der Waals surface area (Å²) in [5.41, 5.74) is 0.354. The summed E-state index contributed by atoms with van der Waals surface area (Å²) in [6, 6.07) is 6.08. The topological polar surface area (TPSA) is 55.4 Å². The smallest absolute Gasteiger partial charge is 0.328 e. The second kappa shape index (κ2) is 8.87. The van der Waals surface area contributed by atoms with Gasteiger partial charge in [-0.05, 0) is 37.5 Å². The first-order valence-corrected chi connectivity index (χ1v) is 8.08. The Kier molecular flexibility index (Phi) is 7.47. The van der Waals surface area contributed by atoms with Gasteiger partial charge < -0.3 is 10.1 Å². The van der Waals surface area contributed by atoms with Crippen molar-refractivity contribution in [2.45, 2.75) is 19.4 Å². The predicted molar refractivity (Wildman–Crippen MR) is 82.3 cm³/mol. The maximum absolute atomic E-state index is 12.1. The Hall–Kier alpha value is -1.20. The molecule has 4 nitrogen and oxygen atoms in total. The number of hydrogen-bond donors (Lipinski definition) is 1. The molecule has 110 valence electrons. The summed E-state index contributed by atoms with van der Waals surface area (Å²) >= 11 is 7.57. The molecule has 20 heavy (non-hydrogen) atoms. The van der Waals surface area contributed by atoms with E-state index in [0.29, 0.717) is 17.0 Å². The fraction of sp³-hybridized carbons (Fsp3) is 0.429. The van der Waals surface area contributed by atoms with E-state index in [2.05, 4.69) is 5.32 Å². The minimum atomic E-state index is -0.647. The van der Waals surface area contributed by atoms with E-state index in [4.69, 9.17) is 16.3 Å². The molecule has 0 saturated carbocycles. The van der Waals surface area contributed by atoms with E-state index in [0.717, 1.165) is 5.75 Å². The lowest BCUT2D eigenvalue weighted by molar-refractivity contribution is -0.145. The van der Waals surface area contributed by atoms with Crippen LogP contribution >= 0.6 is 23.4 Å². The zero-order chi connectivity index (χ0) is 15.0. The Morgan fingerprint density at radius 1 is 1.40 bits per heavy atom. The normalized spacial score (nSPS) is 11.8. The van der Waals surface area contributed by atoms with Crippen LogP contribution in [0.25, 0.3) is 0 Å². The van der Waals surface area contributed by atoms with Gasteiger partial charge in [-0.3, -0.25) is 4.79 Å². The molecule has 0 bridgehead atoms. The molecule has 1 atom stereocenters. The van der Waals surface area contributed by atoms with Crippen molar-refractivity contribution < 1.29 is 14.3 Å². The second-order valence-electron chi connectivity index (χ2n) is 4.04. The Balaban J connectivity index is 2.76. The van der Waals surface area contributed by atoms with E-state index < -0.39 is 12.0 Å². The standard InChI is InChI=1S/C14H18ClNO3S/c1-3-19-14(18)12(8-9-20-2)16-13(17)10-6-4-5-7-11(10)15/h4-7,12H,3,8-9H2,1-2H3,(H,16,17). The van der Waals surface area contributed by atoms with Gasteiger partial charge in [-0.1, -0.05) is 23.7 Å². The van der Waals surface area contributed by atoms with Gasteiger partial charge in [0, 0.05) is 0 Å². The van der Waals surface area contributed by atoms with Crippen molar-refractivity contribution in [3.8, 4) is 0 Å². The van der Waals surface area contributed by atoms with Crippen LogP contribution in [0.1, 0.15) is 23.7 Å². The Labute approximate surface area is 128 Å². The van der Waals surface area contributed by atoms with Crippen molar-refractivity contribution in [2.75, 3.05) is 18.6 Å². The number of esters is 1. The number of carbonyl (C=O) groups is 2. The van der Waals surface area contributed by atoms with Crippen LogP contribution in [0.5, 0.6) is 0 Å². The largest absolute Gasteiger partial charge is 0.464 e. The van der Waals surface area contributed by atoms with E-state index in [1.165, 1.54) is 0 Å². The van der Waals surface area contributed by atoms with Crippen molar-refractivity contribution in [3.05, 3.63) is 34.9 Å². The molecule has 0 spiro atoms. The Morgan fingerprint density at radius 3 is 2.70 bits per heavy atom. The molecule has 1 aromatic rings. The lowest BCUT2D eigenvalue weighted by atomic mass is 10.1. The summed E-state index contributed by atoms with van der Waals surface area (Å²) < 4.78 is 4.97. The van der Waals surface area contributed by atoms with Crippen molar-refractivity contribution in [1.82, 2.24) is 5.32 Å². The van der Waals surface area contributed by atoms with Crippen LogP contribution in [0.3, 0.4) is 0 Å². The Bertz CT molecular complexity index is 467. The lowest BCUT2D eigenvalue weighted by Crippen LogP contribution is -2.42. The van der Waals surface area contributed by atoms with Gasteiger partial charge in [0.05, 0.1) is 17.2 Å².